The standard InChI is InChI=1S/C25H29Cl4N3O4S/c1-16(25(34)30-19-7-4-3-5-8-19)31(14-17-11-12-18(26)13-21(17)28)23(33)15-32(37(2,35)36)22-10-6-9-20(27)24(22)29/h6,9-13,16,19H,3-5,7-8,14-15H2,1-2H3,(H,30,34). The second-order valence-electron chi connectivity index (χ2n) is 9.12. The average molecular weight is 609 g/mol. The largest absolute Gasteiger partial charge is 0.352 e. The molecule has 1 unspecified atom stereocenters. The number of anilines is 1. The lowest BCUT2D eigenvalue weighted by atomic mass is 9.95. The Morgan fingerprint density at radius 2 is 1.70 bits per heavy atom. The Hall–Kier alpha value is -1.71. The van der Waals surface area contributed by atoms with Crippen LogP contribution < -0.4 is 9.62 Å². The summed E-state index contributed by atoms with van der Waals surface area (Å²) >= 11 is 24.8. The Morgan fingerprint density at radius 1 is 1.03 bits per heavy atom. The van der Waals surface area contributed by atoms with Gasteiger partial charge in [0, 0.05) is 22.6 Å². The number of carbonyl (C=O) groups is 2. The smallest absolute Gasteiger partial charge is 0.244 e. The Morgan fingerprint density at radius 3 is 2.32 bits per heavy atom. The first kappa shape index (κ1) is 29.8. The molecule has 3 rings (SSSR count). The number of hydrogen-bond acceptors (Lipinski definition) is 4. The molecular formula is C25H29Cl4N3O4S. The van der Waals surface area contributed by atoms with E-state index in [0.29, 0.717) is 15.6 Å². The minimum atomic E-state index is -3.94. The van der Waals surface area contributed by atoms with Crippen LogP contribution in [0.25, 0.3) is 0 Å². The number of carbonyl (C=O) groups excluding carboxylic acids is 2. The van der Waals surface area contributed by atoms with Gasteiger partial charge in [-0.1, -0.05) is 77.8 Å². The zero-order valence-electron chi connectivity index (χ0n) is 20.5. The molecule has 7 nitrogen and oxygen atoms in total. The van der Waals surface area contributed by atoms with Gasteiger partial charge in [-0.25, -0.2) is 8.42 Å². The summed E-state index contributed by atoms with van der Waals surface area (Å²) < 4.78 is 26.3. The van der Waals surface area contributed by atoms with Crippen molar-refractivity contribution in [2.24, 2.45) is 0 Å². The molecule has 2 aromatic rings. The number of nitrogens with zero attached hydrogens (tertiary/aromatic N) is 2. The molecule has 202 valence electrons. The number of amides is 2. The molecule has 37 heavy (non-hydrogen) atoms. The van der Waals surface area contributed by atoms with Crippen LogP contribution in [0.4, 0.5) is 5.69 Å². The zero-order valence-corrected chi connectivity index (χ0v) is 24.4. The highest BCUT2D eigenvalue weighted by molar-refractivity contribution is 7.92. The third kappa shape index (κ3) is 7.90. The number of halogens is 4. The van der Waals surface area contributed by atoms with Gasteiger partial charge in [0.1, 0.15) is 12.6 Å². The quantitative estimate of drug-likeness (QED) is 0.382. The molecule has 0 aromatic heterocycles. The van der Waals surface area contributed by atoms with Gasteiger partial charge in [-0.05, 0) is 49.6 Å². The van der Waals surface area contributed by atoms with Crippen molar-refractivity contribution >= 4 is 73.9 Å². The molecule has 0 heterocycles. The highest BCUT2D eigenvalue weighted by atomic mass is 35.5. The van der Waals surface area contributed by atoms with Gasteiger partial charge in [0.05, 0.1) is 22.0 Å². The first-order valence-corrected chi connectivity index (χ1v) is 15.2. The summed E-state index contributed by atoms with van der Waals surface area (Å²) in [7, 11) is -3.94. The molecule has 1 saturated carbocycles. The number of benzene rings is 2. The summed E-state index contributed by atoms with van der Waals surface area (Å²) in [5, 5.41) is 3.93. The molecule has 0 spiro atoms. The lowest BCUT2D eigenvalue weighted by molar-refractivity contribution is -0.139. The van der Waals surface area contributed by atoms with Crippen molar-refractivity contribution in [3.63, 3.8) is 0 Å². The average Bonchev–Trinajstić information content (AvgIpc) is 2.83. The molecular weight excluding hydrogens is 580 g/mol. The summed E-state index contributed by atoms with van der Waals surface area (Å²) in [6.07, 6.45) is 5.93. The Kier molecular flexibility index (Phi) is 10.4. The molecule has 2 aromatic carbocycles. The molecule has 1 aliphatic rings. The van der Waals surface area contributed by atoms with E-state index in [2.05, 4.69) is 5.32 Å². The monoisotopic (exact) mass is 607 g/mol. The van der Waals surface area contributed by atoms with Gasteiger partial charge < -0.3 is 10.2 Å². The molecule has 0 bridgehead atoms. The second-order valence-corrected chi connectivity index (χ2v) is 12.7. The molecule has 0 saturated heterocycles. The van der Waals surface area contributed by atoms with E-state index in [1.165, 1.54) is 23.1 Å². The maximum absolute atomic E-state index is 13.7. The summed E-state index contributed by atoms with van der Waals surface area (Å²) in [6, 6.07) is 8.49. The van der Waals surface area contributed by atoms with E-state index in [4.69, 9.17) is 46.4 Å². The molecule has 2 amide bonds. The van der Waals surface area contributed by atoms with Crippen molar-refractivity contribution in [3.05, 3.63) is 62.1 Å². The van der Waals surface area contributed by atoms with Crippen LogP contribution in [0.3, 0.4) is 0 Å². The summed E-state index contributed by atoms with van der Waals surface area (Å²) in [4.78, 5) is 28.2. The maximum Gasteiger partial charge on any atom is 0.244 e. The Labute approximate surface area is 238 Å². The van der Waals surface area contributed by atoms with Crippen LogP contribution in [0.5, 0.6) is 0 Å². The van der Waals surface area contributed by atoms with Crippen molar-refractivity contribution in [1.29, 1.82) is 0 Å². The van der Waals surface area contributed by atoms with Crippen LogP contribution in [-0.2, 0) is 26.2 Å². The molecule has 1 aliphatic carbocycles. The second kappa shape index (κ2) is 12.9. The first-order valence-electron chi connectivity index (χ1n) is 11.8. The normalized spacial score (nSPS) is 15.2. The van der Waals surface area contributed by atoms with Crippen molar-refractivity contribution < 1.29 is 18.0 Å². The topological polar surface area (TPSA) is 86.8 Å². The van der Waals surface area contributed by atoms with Gasteiger partial charge in [-0.15, -0.1) is 0 Å². The molecule has 1 fully saturated rings. The predicted octanol–water partition coefficient (Wildman–Crippen LogP) is 5.93. The van der Waals surface area contributed by atoms with E-state index in [1.54, 1.807) is 25.1 Å². The molecule has 1 atom stereocenters. The Balaban J connectivity index is 1.93. The Bertz CT molecular complexity index is 1250. The van der Waals surface area contributed by atoms with Crippen LogP contribution in [0, 0.1) is 0 Å². The van der Waals surface area contributed by atoms with Crippen molar-refractivity contribution in [1.82, 2.24) is 10.2 Å². The summed E-state index contributed by atoms with van der Waals surface area (Å²) in [5.74, 6) is -0.934. The number of sulfonamides is 1. The van der Waals surface area contributed by atoms with Crippen molar-refractivity contribution in [2.45, 2.75) is 57.7 Å². The van der Waals surface area contributed by atoms with Gasteiger partial charge in [0.2, 0.25) is 21.8 Å². The van der Waals surface area contributed by atoms with Crippen LogP contribution in [-0.4, -0.2) is 50.0 Å². The SMILES string of the molecule is CC(C(=O)NC1CCCCC1)N(Cc1ccc(Cl)cc1Cl)C(=O)CN(c1cccc(Cl)c1Cl)S(C)(=O)=O. The van der Waals surface area contributed by atoms with E-state index in [1.807, 2.05) is 0 Å². The number of rotatable bonds is 9. The van der Waals surface area contributed by atoms with Gasteiger partial charge >= 0.3 is 0 Å². The highest BCUT2D eigenvalue weighted by Crippen LogP contribution is 2.34. The number of nitrogens with one attached hydrogen (secondary N) is 1. The fraction of sp³-hybridized carbons (Fsp3) is 0.440. The summed E-state index contributed by atoms with van der Waals surface area (Å²) in [5.41, 5.74) is 0.622. The summed E-state index contributed by atoms with van der Waals surface area (Å²) in [6.45, 7) is 0.983. The van der Waals surface area contributed by atoms with E-state index < -0.39 is 28.5 Å². The molecule has 0 aliphatic heterocycles. The number of hydrogen-bond donors (Lipinski definition) is 1. The highest BCUT2D eigenvalue weighted by Gasteiger charge is 2.32. The van der Waals surface area contributed by atoms with E-state index in [-0.39, 0.29) is 34.2 Å². The van der Waals surface area contributed by atoms with Crippen molar-refractivity contribution in [3.8, 4) is 0 Å². The van der Waals surface area contributed by atoms with Gasteiger partial charge in [-0.3, -0.25) is 13.9 Å². The minimum Gasteiger partial charge on any atom is -0.352 e. The molecule has 1 N–H and O–H groups in total. The van der Waals surface area contributed by atoms with E-state index >= 15 is 0 Å². The third-order valence-electron chi connectivity index (χ3n) is 6.35. The lowest BCUT2D eigenvalue weighted by Crippen LogP contribution is -2.53. The fourth-order valence-corrected chi connectivity index (χ4v) is 6.03. The van der Waals surface area contributed by atoms with Gasteiger partial charge in [0.25, 0.3) is 0 Å². The van der Waals surface area contributed by atoms with Crippen LogP contribution >= 0.6 is 46.4 Å². The minimum absolute atomic E-state index is 0.00206. The van der Waals surface area contributed by atoms with E-state index in [0.717, 1.165) is 42.7 Å². The van der Waals surface area contributed by atoms with Crippen LogP contribution in [0.1, 0.15) is 44.6 Å². The lowest BCUT2D eigenvalue weighted by Gasteiger charge is -2.33. The van der Waals surface area contributed by atoms with Gasteiger partial charge in [0.15, 0.2) is 0 Å². The first-order chi connectivity index (χ1) is 17.4. The fourth-order valence-electron chi connectivity index (χ4n) is 4.26. The maximum atomic E-state index is 13.7. The third-order valence-corrected chi connectivity index (χ3v) is 8.88. The predicted molar refractivity (Wildman–Crippen MR) is 150 cm³/mol. The van der Waals surface area contributed by atoms with E-state index in [9.17, 15) is 18.0 Å². The van der Waals surface area contributed by atoms with Crippen LogP contribution in [0.2, 0.25) is 20.1 Å². The van der Waals surface area contributed by atoms with Crippen molar-refractivity contribution in [2.75, 3.05) is 17.1 Å². The molecule has 0 radical (unpaired) electrons. The molecule has 12 heteroatoms. The zero-order chi connectivity index (χ0) is 27.3. The van der Waals surface area contributed by atoms with Crippen LogP contribution in [0.15, 0.2) is 36.4 Å². The van der Waals surface area contributed by atoms with Gasteiger partial charge in [-0.2, -0.15) is 0 Å².